The highest BCUT2D eigenvalue weighted by Gasteiger charge is 2.34. The summed E-state index contributed by atoms with van der Waals surface area (Å²) in [6, 6.07) is 2.79. The van der Waals surface area contributed by atoms with E-state index in [0.29, 0.717) is 4.31 Å². The smallest absolute Gasteiger partial charge is 0.247 e. The van der Waals surface area contributed by atoms with Gasteiger partial charge >= 0.3 is 0 Å². The predicted molar refractivity (Wildman–Crippen MR) is 74.7 cm³/mol. The third kappa shape index (κ3) is 2.99. The van der Waals surface area contributed by atoms with Gasteiger partial charge in [0.1, 0.15) is 10.6 Å². The van der Waals surface area contributed by atoms with Gasteiger partial charge in [0, 0.05) is 20.3 Å². The molecule has 1 heterocycles. The molecule has 0 radical (unpaired) electrons. The van der Waals surface area contributed by atoms with Gasteiger partial charge in [0.2, 0.25) is 10.0 Å². The van der Waals surface area contributed by atoms with Gasteiger partial charge in [0.25, 0.3) is 0 Å². The molecule has 5 nitrogen and oxygen atoms in total. The second-order valence-electron chi connectivity index (χ2n) is 4.61. The zero-order chi connectivity index (χ0) is 17.4. The lowest BCUT2D eigenvalue weighted by Gasteiger charge is -2.18. The van der Waals surface area contributed by atoms with Gasteiger partial charge in [-0.05, 0) is 12.1 Å². The Morgan fingerprint density at radius 2 is 1.65 bits per heavy atom. The molecule has 0 aliphatic carbocycles. The van der Waals surface area contributed by atoms with Crippen LogP contribution in [0.25, 0.3) is 0 Å². The number of anilines is 2. The maximum atomic E-state index is 14.0. The molecular weight excluding hydrogens is 338 g/mol. The molecule has 10 heteroatoms. The molecule has 0 fully saturated rings. The standard InChI is InChI=1S/C13H11F4N3O2S/c1-20(2)23(21,22)13-11(17)9(15)8(14)10(16)12(13)19-7-4-3-5-18-6-7/h3-6,19H,1-2H3. The molecule has 1 aromatic carbocycles. The summed E-state index contributed by atoms with van der Waals surface area (Å²) in [5.74, 6) is -8.19. The summed E-state index contributed by atoms with van der Waals surface area (Å²) >= 11 is 0. The Hall–Kier alpha value is -2.20. The molecule has 0 aliphatic heterocycles. The van der Waals surface area contributed by atoms with E-state index in [1.54, 1.807) is 0 Å². The fourth-order valence-corrected chi connectivity index (χ4v) is 2.81. The lowest BCUT2D eigenvalue weighted by atomic mass is 10.2. The minimum atomic E-state index is -4.59. The molecular formula is C13H11F4N3O2S. The quantitative estimate of drug-likeness (QED) is 0.524. The fourth-order valence-electron chi connectivity index (χ4n) is 1.73. The zero-order valence-electron chi connectivity index (χ0n) is 11.9. The van der Waals surface area contributed by atoms with Crippen molar-refractivity contribution in [3.8, 4) is 0 Å². The summed E-state index contributed by atoms with van der Waals surface area (Å²) in [4.78, 5) is 2.36. The number of pyridine rings is 1. The van der Waals surface area contributed by atoms with Crippen LogP contribution in [0.15, 0.2) is 29.4 Å². The van der Waals surface area contributed by atoms with Crippen LogP contribution < -0.4 is 5.32 Å². The Morgan fingerprint density at radius 3 is 2.17 bits per heavy atom. The Labute approximate surface area is 129 Å². The summed E-state index contributed by atoms with van der Waals surface area (Å²) in [5, 5.41) is 2.22. The Kier molecular flexibility index (Phi) is 4.57. The monoisotopic (exact) mass is 349 g/mol. The van der Waals surface area contributed by atoms with Gasteiger partial charge in [-0.3, -0.25) is 4.98 Å². The average molecular weight is 349 g/mol. The van der Waals surface area contributed by atoms with E-state index in [1.165, 1.54) is 24.5 Å². The molecule has 0 aliphatic rings. The van der Waals surface area contributed by atoms with Crippen molar-refractivity contribution < 1.29 is 26.0 Å². The van der Waals surface area contributed by atoms with Gasteiger partial charge in [-0.15, -0.1) is 0 Å². The summed E-state index contributed by atoms with van der Waals surface area (Å²) in [6.45, 7) is 0. The largest absolute Gasteiger partial charge is 0.351 e. The summed E-state index contributed by atoms with van der Waals surface area (Å²) < 4.78 is 79.8. The second kappa shape index (κ2) is 6.13. The second-order valence-corrected chi connectivity index (χ2v) is 6.70. The summed E-state index contributed by atoms with van der Waals surface area (Å²) in [5.41, 5.74) is -0.977. The summed E-state index contributed by atoms with van der Waals surface area (Å²) in [7, 11) is -2.50. The van der Waals surface area contributed by atoms with Gasteiger partial charge in [0.15, 0.2) is 23.3 Å². The number of sulfonamides is 1. The van der Waals surface area contributed by atoms with E-state index >= 15 is 0 Å². The van der Waals surface area contributed by atoms with Crippen molar-refractivity contribution in [3.05, 3.63) is 47.8 Å². The van der Waals surface area contributed by atoms with E-state index in [9.17, 15) is 26.0 Å². The third-order valence-electron chi connectivity index (χ3n) is 2.89. The number of hydrogen-bond acceptors (Lipinski definition) is 4. The maximum absolute atomic E-state index is 14.0. The molecule has 1 aromatic heterocycles. The van der Waals surface area contributed by atoms with E-state index in [4.69, 9.17) is 0 Å². The van der Waals surface area contributed by atoms with Gasteiger partial charge in [0.05, 0.1) is 11.9 Å². The number of nitrogens with zero attached hydrogens (tertiary/aromatic N) is 2. The first-order valence-electron chi connectivity index (χ1n) is 6.13. The average Bonchev–Trinajstić information content (AvgIpc) is 2.51. The van der Waals surface area contributed by atoms with Crippen LogP contribution in [0.3, 0.4) is 0 Å². The van der Waals surface area contributed by atoms with Crippen LogP contribution >= 0.6 is 0 Å². The normalized spacial score (nSPS) is 11.8. The first-order chi connectivity index (χ1) is 10.7. The predicted octanol–water partition coefficient (Wildman–Crippen LogP) is 2.63. The molecule has 2 aromatic rings. The Bertz CT molecular complexity index is 842. The first kappa shape index (κ1) is 17.2. The number of halogens is 4. The van der Waals surface area contributed by atoms with Crippen molar-refractivity contribution in [2.24, 2.45) is 0 Å². The van der Waals surface area contributed by atoms with Crippen LogP contribution in [0, 0.1) is 23.3 Å². The van der Waals surface area contributed by atoms with Gasteiger partial charge in [-0.2, -0.15) is 0 Å². The molecule has 0 bridgehead atoms. The topological polar surface area (TPSA) is 62.3 Å². The Morgan fingerprint density at radius 1 is 1.04 bits per heavy atom. The highest BCUT2D eigenvalue weighted by Crippen LogP contribution is 2.35. The van der Waals surface area contributed by atoms with Crippen LogP contribution in [0.5, 0.6) is 0 Å². The minimum Gasteiger partial charge on any atom is -0.351 e. The van der Waals surface area contributed by atoms with Crippen LogP contribution in [-0.2, 0) is 10.0 Å². The number of aromatic nitrogens is 1. The number of rotatable bonds is 4. The molecule has 0 unspecified atom stereocenters. The highest BCUT2D eigenvalue weighted by molar-refractivity contribution is 7.89. The van der Waals surface area contributed by atoms with E-state index < -0.39 is 43.9 Å². The first-order valence-corrected chi connectivity index (χ1v) is 7.57. The lowest BCUT2D eigenvalue weighted by Crippen LogP contribution is -2.25. The van der Waals surface area contributed by atoms with Crippen molar-refractivity contribution in [2.45, 2.75) is 4.90 Å². The third-order valence-corrected chi connectivity index (χ3v) is 4.75. The van der Waals surface area contributed by atoms with Gasteiger partial charge < -0.3 is 5.32 Å². The lowest BCUT2D eigenvalue weighted by molar-refractivity contribution is 0.396. The Balaban J connectivity index is 2.79. The van der Waals surface area contributed by atoms with Crippen molar-refractivity contribution in [3.63, 3.8) is 0 Å². The van der Waals surface area contributed by atoms with E-state index in [1.807, 2.05) is 0 Å². The zero-order valence-corrected chi connectivity index (χ0v) is 12.8. The summed E-state index contributed by atoms with van der Waals surface area (Å²) in [6.07, 6.45) is 2.55. The molecule has 1 N–H and O–H groups in total. The maximum Gasteiger partial charge on any atom is 0.247 e. The van der Waals surface area contributed by atoms with Crippen LogP contribution in [-0.4, -0.2) is 31.8 Å². The van der Waals surface area contributed by atoms with Crippen LogP contribution in [0.1, 0.15) is 0 Å². The molecule has 0 atom stereocenters. The highest BCUT2D eigenvalue weighted by atomic mass is 32.2. The molecule has 124 valence electrons. The number of benzene rings is 1. The van der Waals surface area contributed by atoms with E-state index in [2.05, 4.69) is 10.3 Å². The number of hydrogen-bond donors (Lipinski definition) is 1. The van der Waals surface area contributed by atoms with Crippen molar-refractivity contribution in [2.75, 3.05) is 19.4 Å². The fraction of sp³-hybridized carbons (Fsp3) is 0.154. The molecule has 0 saturated carbocycles. The van der Waals surface area contributed by atoms with E-state index in [-0.39, 0.29) is 5.69 Å². The van der Waals surface area contributed by atoms with Crippen molar-refractivity contribution in [1.29, 1.82) is 0 Å². The molecule has 2 rings (SSSR count). The van der Waals surface area contributed by atoms with Crippen molar-refractivity contribution >= 4 is 21.4 Å². The molecule has 0 spiro atoms. The van der Waals surface area contributed by atoms with Crippen LogP contribution in [0.4, 0.5) is 28.9 Å². The van der Waals surface area contributed by atoms with E-state index in [0.717, 1.165) is 14.1 Å². The van der Waals surface area contributed by atoms with Gasteiger partial charge in [-0.1, -0.05) is 0 Å². The number of nitrogens with one attached hydrogen (secondary N) is 1. The molecule has 23 heavy (non-hydrogen) atoms. The van der Waals surface area contributed by atoms with Gasteiger partial charge in [-0.25, -0.2) is 30.3 Å². The minimum absolute atomic E-state index is 0.0621. The SMILES string of the molecule is CN(C)S(=O)(=O)c1c(F)c(F)c(F)c(F)c1Nc1cccnc1. The van der Waals surface area contributed by atoms with Crippen molar-refractivity contribution in [1.82, 2.24) is 9.29 Å². The molecule has 0 amide bonds. The van der Waals surface area contributed by atoms with Crippen LogP contribution in [0.2, 0.25) is 0 Å². The molecule has 0 saturated heterocycles.